The molecule has 0 aliphatic carbocycles. The Kier molecular flexibility index (Phi) is 5.29. The van der Waals surface area contributed by atoms with E-state index in [0.717, 1.165) is 11.3 Å². The third-order valence-corrected chi connectivity index (χ3v) is 8.52. The number of benzene rings is 1. The Morgan fingerprint density at radius 3 is 2.81 bits per heavy atom. The number of allylic oxidation sites excluding steroid dienone is 1. The van der Waals surface area contributed by atoms with E-state index in [2.05, 4.69) is 27.5 Å². The van der Waals surface area contributed by atoms with Gasteiger partial charge < -0.3 is 9.67 Å². The molecule has 6 nitrogen and oxygen atoms in total. The molecule has 0 bridgehead atoms. The van der Waals surface area contributed by atoms with Crippen LogP contribution in [0.2, 0.25) is 0 Å². The van der Waals surface area contributed by atoms with Crippen LogP contribution in [-0.2, 0) is 16.4 Å². The highest BCUT2D eigenvalue weighted by Gasteiger charge is 2.27. The van der Waals surface area contributed by atoms with Crippen LogP contribution in [-0.4, -0.2) is 35.3 Å². The summed E-state index contributed by atoms with van der Waals surface area (Å²) in [5.74, 6) is -1.15. The molecule has 0 aliphatic heterocycles. The maximum Gasteiger partial charge on any atom is 0.345 e. The largest absolute Gasteiger partial charge is 0.477 e. The van der Waals surface area contributed by atoms with Crippen molar-refractivity contribution in [3.63, 3.8) is 0 Å². The zero-order valence-corrected chi connectivity index (χ0v) is 17.5. The number of fused-ring (bicyclic) bond motifs is 1. The summed E-state index contributed by atoms with van der Waals surface area (Å²) in [6.07, 6.45) is 5.03. The fraction of sp³-hybridized carbons (Fsp3) is 0.125. The van der Waals surface area contributed by atoms with Crippen LogP contribution in [0.3, 0.4) is 0 Å². The first-order valence-electron chi connectivity index (χ1n) is 7.21. The molecule has 136 valence electrons. The Morgan fingerprint density at radius 1 is 1.46 bits per heavy atom. The number of carboxylic acids is 1. The van der Waals surface area contributed by atoms with Crippen molar-refractivity contribution in [2.24, 2.45) is 0 Å². The van der Waals surface area contributed by atoms with Gasteiger partial charge in [-0.15, -0.1) is 29.7 Å². The van der Waals surface area contributed by atoms with Crippen LogP contribution >= 0.6 is 39.0 Å². The number of thiophene rings is 1. The summed E-state index contributed by atoms with van der Waals surface area (Å²) in [4.78, 5) is 15.6. The Labute approximate surface area is 166 Å². The monoisotopic (exact) mass is 472 g/mol. The number of rotatable bonds is 6. The zero-order valence-electron chi connectivity index (χ0n) is 13.5. The van der Waals surface area contributed by atoms with E-state index in [4.69, 9.17) is 0 Å². The summed E-state index contributed by atoms with van der Waals surface area (Å²) in [7, 11) is -3.89. The average molecular weight is 473 g/mol. The molecule has 0 saturated heterocycles. The van der Waals surface area contributed by atoms with Gasteiger partial charge in [0.05, 0.1) is 25.8 Å². The van der Waals surface area contributed by atoms with Crippen LogP contribution in [0.25, 0.3) is 11.0 Å². The second-order valence-corrected chi connectivity index (χ2v) is 10.1. The van der Waals surface area contributed by atoms with Crippen LogP contribution in [0.1, 0.15) is 9.67 Å². The van der Waals surface area contributed by atoms with Crippen molar-refractivity contribution in [1.29, 1.82) is 0 Å². The normalized spacial score (nSPS) is 11.8. The molecule has 0 unspecified atom stereocenters. The van der Waals surface area contributed by atoms with Crippen LogP contribution in [0, 0.1) is 0 Å². The predicted octanol–water partition coefficient (Wildman–Crippen LogP) is 4.30. The molecule has 2 aromatic heterocycles. The van der Waals surface area contributed by atoms with E-state index in [0.29, 0.717) is 26.3 Å². The summed E-state index contributed by atoms with van der Waals surface area (Å²) >= 11 is 5.54. The summed E-state index contributed by atoms with van der Waals surface area (Å²) in [5, 5.41) is 9.19. The fourth-order valence-electron chi connectivity index (χ4n) is 2.46. The maximum atomic E-state index is 13.2. The quantitative estimate of drug-likeness (QED) is 0.424. The summed E-state index contributed by atoms with van der Waals surface area (Å²) in [6.45, 7) is 4.18. The smallest absolute Gasteiger partial charge is 0.345 e. The van der Waals surface area contributed by atoms with E-state index in [-0.39, 0.29) is 14.7 Å². The third kappa shape index (κ3) is 3.22. The molecule has 26 heavy (non-hydrogen) atoms. The lowest BCUT2D eigenvalue weighted by Gasteiger charge is -2.07. The van der Waals surface area contributed by atoms with Gasteiger partial charge in [-0.2, -0.15) is 0 Å². The lowest BCUT2D eigenvalue weighted by Crippen LogP contribution is -2.03. The van der Waals surface area contributed by atoms with Crippen LogP contribution < -0.4 is 0 Å². The van der Waals surface area contributed by atoms with Crippen molar-refractivity contribution in [3.05, 3.63) is 46.5 Å². The number of aromatic carboxylic acids is 1. The summed E-state index contributed by atoms with van der Waals surface area (Å²) < 4.78 is 29.1. The minimum absolute atomic E-state index is 0.00781. The molecule has 3 aromatic rings. The molecule has 3 rings (SSSR count). The standard InChI is InChI=1S/C16H13BrN2O4S3/c1-3-4-19-8-18-14-10(17)5-9(6-11(14)19)26(22,23)13-7-12(15(20)21)25-16(13)24-2/h3,5-8H,1,4H2,2H3,(H,20,21). The molecule has 0 spiro atoms. The maximum absolute atomic E-state index is 13.2. The van der Waals surface area contributed by atoms with Gasteiger partial charge >= 0.3 is 5.97 Å². The van der Waals surface area contributed by atoms with Crippen molar-refractivity contribution in [2.45, 2.75) is 20.5 Å². The van der Waals surface area contributed by atoms with Crippen LogP contribution in [0.15, 0.2) is 55.7 Å². The Hall–Kier alpha value is -1.62. The highest BCUT2D eigenvalue weighted by Crippen LogP contribution is 2.38. The SMILES string of the molecule is C=CCn1cnc2c(Br)cc(S(=O)(=O)c3cc(C(=O)O)sc3SC)cc21. The number of aromatic nitrogens is 2. The molecule has 0 atom stereocenters. The number of imidazole rings is 1. The van der Waals surface area contributed by atoms with Gasteiger partial charge in [-0.25, -0.2) is 18.2 Å². The van der Waals surface area contributed by atoms with Crippen molar-refractivity contribution in [2.75, 3.05) is 6.26 Å². The lowest BCUT2D eigenvalue weighted by molar-refractivity contribution is 0.0702. The number of thioether (sulfide) groups is 1. The topological polar surface area (TPSA) is 89.3 Å². The minimum Gasteiger partial charge on any atom is -0.477 e. The number of carbonyl (C=O) groups is 1. The lowest BCUT2D eigenvalue weighted by atomic mass is 10.3. The average Bonchev–Trinajstić information content (AvgIpc) is 3.20. The van der Waals surface area contributed by atoms with E-state index >= 15 is 0 Å². The molecule has 0 fully saturated rings. The van der Waals surface area contributed by atoms with Crippen LogP contribution in [0.4, 0.5) is 0 Å². The summed E-state index contributed by atoms with van der Waals surface area (Å²) in [5.41, 5.74) is 1.30. The second-order valence-electron chi connectivity index (χ2n) is 5.23. The molecular formula is C16H13BrN2O4S3. The van der Waals surface area contributed by atoms with Crippen molar-refractivity contribution >= 4 is 65.9 Å². The van der Waals surface area contributed by atoms with E-state index in [1.165, 1.54) is 23.9 Å². The number of halogens is 1. The van der Waals surface area contributed by atoms with Crippen molar-refractivity contribution < 1.29 is 18.3 Å². The van der Waals surface area contributed by atoms with Gasteiger partial charge in [0.2, 0.25) is 9.84 Å². The van der Waals surface area contributed by atoms with Crippen molar-refractivity contribution in [1.82, 2.24) is 9.55 Å². The first-order valence-corrected chi connectivity index (χ1v) is 11.5. The van der Waals surface area contributed by atoms with Gasteiger partial charge in [0, 0.05) is 11.0 Å². The number of carboxylic acid groups (broad SMARTS) is 1. The van der Waals surface area contributed by atoms with Gasteiger partial charge in [-0.3, -0.25) is 0 Å². The number of nitrogens with zero attached hydrogens (tertiary/aromatic N) is 2. The third-order valence-electron chi connectivity index (χ3n) is 3.64. The fourth-order valence-corrected chi connectivity index (χ4v) is 7.04. The molecule has 2 heterocycles. The van der Waals surface area contributed by atoms with E-state index in [9.17, 15) is 18.3 Å². The molecular weight excluding hydrogens is 460 g/mol. The number of hydrogen-bond donors (Lipinski definition) is 1. The van der Waals surface area contributed by atoms with Gasteiger partial charge in [0.1, 0.15) is 10.4 Å². The molecule has 0 amide bonds. The van der Waals surface area contributed by atoms with E-state index < -0.39 is 15.8 Å². The first-order chi connectivity index (χ1) is 12.3. The number of hydrogen-bond acceptors (Lipinski definition) is 6. The van der Waals surface area contributed by atoms with E-state index in [1.54, 1.807) is 29.3 Å². The minimum atomic E-state index is -3.89. The Bertz CT molecular complexity index is 1130. The zero-order chi connectivity index (χ0) is 19.1. The second kappa shape index (κ2) is 7.18. The van der Waals surface area contributed by atoms with Gasteiger partial charge in [-0.05, 0) is 40.4 Å². The highest BCUT2D eigenvalue weighted by atomic mass is 79.9. The molecule has 1 N–H and O–H groups in total. The van der Waals surface area contributed by atoms with E-state index in [1.807, 2.05) is 0 Å². The van der Waals surface area contributed by atoms with Crippen LogP contribution in [0.5, 0.6) is 0 Å². The molecule has 0 aliphatic rings. The predicted molar refractivity (Wildman–Crippen MR) is 106 cm³/mol. The molecule has 0 radical (unpaired) electrons. The first kappa shape index (κ1) is 19.2. The Morgan fingerprint density at radius 2 is 2.19 bits per heavy atom. The molecule has 1 aromatic carbocycles. The highest BCUT2D eigenvalue weighted by molar-refractivity contribution is 9.10. The Balaban J connectivity index is 2.23. The van der Waals surface area contributed by atoms with Crippen molar-refractivity contribution in [3.8, 4) is 0 Å². The van der Waals surface area contributed by atoms with Gasteiger partial charge in [-0.1, -0.05) is 6.08 Å². The number of sulfone groups is 1. The molecule has 0 saturated carbocycles. The summed E-state index contributed by atoms with van der Waals surface area (Å²) in [6, 6.07) is 4.26. The molecule has 10 heteroatoms. The van der Waals surface area contributed by atoms with Gasteiger partial charge in [0.15, 0.2) is 0 Å². The van der Waals surface area contributed by atoms with Gasteiger partial charge in [0.25, 0.3) is 0 Å².